The second-order valence-corrected chi connectivity index (χ2v) is 5.32. The van der Waals surface area contributed by atoms with Crippen molar-refractivity contribution in [3.05, 3.63) is 30.1 Å². The van der Waals surface area contributed by atoms with Gasteiger partial charge in [-0.3, -0.25) is 9.78 Å². The maximum atomic E-state index is 12.3. The third-order valence-corrected chi connectivity index (χ3v) is 3.97. The maximum Gasteiger partial charge on any atom is 0.237 e. The Morgan fingerprint density at radius 3 is 2.95 bits per heavy atom. The van der Waals surface area contributed by atoms with Crippen molar-refractivity contribution < 1.29 is 4.79 Å². The van der Waals surface area contributed by atoms with Crippen LogP contribution in [0.4, 0.5) is 0 Å². The van der Waals surface area contributed by atoms with Crippen LogP contribution in [0.3, 0.4) is 0 Å². The Morgan fingerprint density at radius 1 is 1.53 bits per heavy atom. The molecule has 1 fully saturated rings. The molecule has 2 N–H and O–H groups in total. The average molecular weight is 261 g/mol. The van der Waals surface area contributed by atoms with Gasteiger partial charge in [0, 0.05) is 12.4 Å². The number of piperidine rings is 1. The first-order valence-electron chi connectivity index (χ1n) is 7.14. The molecule has 104 valence electrons. The number of nitrogens with zero attached hydrogens (tertiary/aromatic N) is 1. The minimum absolute atomic E-state index is 0.0271. The lowest BCUT2D eigenvalue weighted by molar-refractivity contribution is -0.124. The zero-order valence-corrected chi connectivity index (χ0v) is 11.7. The van der Waals surface area contributed by atoms with E-state index in [9.17, 15) is 4.79 Å². The molecule has 0 radical (unpaired) electrons. The van der Waals surface area contributed by atoms with E-state index in [2.05, 4.69) is 22.5 Å². The van der Waals surface area contributed by atoms with Crippen LogP contribution < -0.4 is 10.6 Å². The number of hydrogen-bond donors (Lipinski definition) is 2. The van der Waals surface area contributed by atoms with E-state index in [1.165, 1.54) is 6.42 Å². The number of carbonyl (C=O) groups excluding carboxylic acids is 1. The Hall–Kier alpha value is -1.42. The van der Waals surface area contributed by atoms with Crippen molar-refractivity contribution in [1.82, 2.24) is 15.6 Å². The quantitative estimate of drug-likeness (QED) is 0.872. The van der Waals surface area contributed by atoms with E-state index in [4.69, 9.17) is 0 Å². The lowest BCUT2D eigenvalue weighted by Gasteiger charge is -2.29. The molecule has 19 heavy (non-hydrogen) atoms. The molecule has 1 amide bonds. The molecule has 1 aromatic rings. The van der Waals surface area contributed by atoms with Gasteiger partial charge in [0.1, 0.15) is 0 Å². The summed E-state index contributed by atoms with van der Waals surface area (Å²) in [4.78, 5) is 16.2. The van der Waals surface area contributed by atoms with Gasteiger partial charge in [-0.2, -0.15) is 0 Å². The van der Waals surface area contributed by atoms with E-state index >= 15 is 0 Å². The minimum Gasteiger partial charge on any atom is -0.348 e. The van der Waals surface area contributed by atoms with Crippen LogP contribution >= 0.6 is 0 Å². The van der Waals surface area contributed by atoms with Crippen LogP contribution in [0.5, 0.6) is 0 Å². The van der Waals surface area contributed by atoms with E-state index in [1.54, 1.807) is 12.4 Å². The Balaban J connectivity index is 1.90. The number of rotatable bonds is 4. The molecule has 1 aromatic heterocycles. The molecule has 2 rings (SSSR count). The standard InChI is InChI=1S/C15H23N3O/c1-3-12-4-9-17-14(10-12)15(19)18-11(2)13-5-7-16-8-6-13/h5-8,11-12,14,17H,3-4,9-10H2,1-2H3,(H,18,19). The Labute approximate surface area is 115 Å². The molecule has 3 unspecified atom stereocenters. The van der Waals surface area contributed by atoms with Gasteiger partial charge in [-0.15, -0.1) is 0 Å². The summed E-state index contributed by atoms with van der Waals surface area (Å²) in [6, 6.07) is 3.87. The summed E-state index contributed by atoms with van der Waals surface area (Å²) in [5, 5.41) is 6.40. The van der Waals surface area contributed by atoms with Gasteiger partial charge in [0.05, 0.1) is 12.1 Å². The van der Waals surface area contributed by atoms with E-state index < -0.39 is 0 Å². The highest BCUT2D eigenvalue weighted by Gasteiger charge is 2.26. The second-order valence-electron chi connectivity index (χ2n) is 5.32. The molecule has 0 saturated carbocycles. The fraction of sp³-hybridized carbons (Fsp3) is 0.600. The second kappa shape index (κ2) is 6.66. The highest BCUT2D eigenvalue weighted by Crippen LogP contribution is 2.20. The Bertz CT molecular complexity index is 407. The number of aromatic nitrogens is 1. The molecular weight excluding hydrogens is 238 g/mol. The van der Waals surface area contributed by atoms with Crippen molar-refractivity contribution >= 4 is 5.91 Å². The van der Waals surface area contributed by atoms with Gasteiger partial charge >= 0.3 is 0 Å². The van der Waals surface area contributed by atoms with Crippen molar-refractivity contribution in [1.29, 1.82) is 0 Å². The number of nitrogens with one attached hydrogen (secondary N) is 2. The van der Waals surface area contributed by atoms with E-state index in [-0.39, 0.29) is 18.0 Å². The molecule has 3 atom stereocenters. The summed E-state index contributed by atoms with van der Waals surface area (Å²) in [5.41, 5.74) is 1.09. The number of pyridine rings is 1. The van der Waals surface area contributed by atoms with Gasteiger partial charge in [0.25, 0.3) is 0 Å². The topological polar surface area (TPSA) is 54.0 Å². The van der Waals surface area contributed by atoms with Gasteiger partial charge < -0.3 is 10.6 Å². The van der Waals surface area contributed by atoms with E-state index in [0.717, 1.165) is 24.9 Å². The molecular formula is C15H23N3O. The molecule has 0 aliphatic carbocycles. The first-order valence-corrected chi connectivity index (χ1v) is 7.14. The summed E-state index contributed by atoms with van der Waals surface area (Å²) < 4.78 is 0. The van der Waals surface area contributed by atoms with Crippen LogP contribution in [0.1, 0.15) is 44.7 Å². The van der Waals surface area contributed by atoms with Crippen LogP contribution in [0.15, 0.2) is 24.5 Å². The van der Waals surface area contributed by atoms with Crippen molar-refractivity contribution in [3.63, 3.8) is 0 Å². The third kappa shape index (κ3) is 3.77. The van der Waals surface area contributed by atoms with Crippen LogP contribution in [0.25, 0.3) is 0 Å². The van der Waals surface area contributed by atoms with Crippen molar-refractivity contribution in [2.45, 2.75) is 45.2 Å². The molecule has 1 saturated heterocycles. The summed E-state index contributed by atoms with van der Waals surface area (Å²) in [5.74, 6) is 0.788. The van der Waals surface area contributed by atoms with E-state index in [1.807, 2.05) is 19.1 Å². The first kappa shape index (κ1) is 14.0. The summed E-state index contributed by atoms with van der Waals surface area (Å²) in [6.07, 6.45) is 6.80. The minimum atomic E-state index is -0.0389. The number of carbonyl (C=O) groups is 1. The first-order chi connectivity index (χ1) is 9.20. The molecule has 4 nitrogen and oxygen atoms in total. The zero-order valence-electron chi connectivity index (χ0n) is 11.7. The molecule has 1 aliphatic rings. The summed E-state index contributed by atoms with van der Waals surface area (Å²) in [6.45, 7) is 5.15. The molecule has 4 heteroatoms. The molecule has 1 aliphatic heterocycles. The van der Waals surface area contributed by atoms with Crippen LogP contribution in [0, 0.1) is 5.92 Å². The molecule has 2 heterocycles. The average Bonchev–Trinajstić information content (AvgIpc) is 2.48. The predicted octanol–water partition coefficient (Wildman–Crippen LogP) is 2.04. The maximum absolute atomic E-state index is 12.3. The van der Waals surface area contributed by atoms with E-state index in [0.29, 0.717) is 5.92 Å². The monoisotopic (exact) mass is 261 g/mol. The zero-order chi connectivity index (χ0) is 13.7. The number of hydrogen-bond acceptors (Lipinski definition) is 3. The van der Waals surface area contributed by atoms with Gasteiger partial charge in [0.15, 0.2) is 0 Å². The third-order valence-electron chi connectivity index (χ3n) is 3.97. The van der Waals surface area contributed by atoms with Crippen molar-refractivity contribution in [2.75, 3.05) is 6.54 Å². The fourth-order valence-electron chi connectivity index (χ4n) is 2.62. The Morgan fingerprint density at radius 2 is 2.26 bits per heavy atom. The van der Waals surface area contributed by atoms with Crippen LogP contribution in [-0.4, -0.2) is 23.5 Å². The van der Waals surface area contributed by atoms with Crippen molar-refractivity contribution in [3.8, 4) is 0 Å². The smallest absolute Gasteiger partial charge is 0.237 e. The number of amides is 1. The molecule has 0 bridgehead atoms. The highest BCUT2D eigenvalue weighted by molar-refractivity contribution is 5.82. The molecule has 0 spiro atoms. The van der Waals surface area contributed by atoms with Crippen molar-refractivity contribution in [2.24, 2.45) is 5.92 Å². The Kier molecular flexibility index (Phi) is 4.91. The largest absolute Gasteiger partial charge is 0.348 e. The summed E-state index contributed by atoms with van der Waals surface area (Å²) >= 11 is 0. The SMILES string of the molecule is CCC1CCNC(C(=O)NC(C)c2ccncc2)C1. The lowest BCUT2D eigenvalue weighted by atomic mass is 9.90. The van der Waals surface area contributed by atoms with Crippen LogP contribution in [0.2, 0.25) is 0 Å². The van der Waals surface area contributed by atoms with Gasteiger partial charge in [-0.1, -0.05) is 13.3 Å². The molecule has 0 aromatic carbocycles. The van der Waals surface area contributed by atoms with Crippen LogP contribution in [-0.2, 0) is 4.79 Å². The van der Waals surface area contributed by atoms with Gasteiger partial charge in [0.2, 0.25) is 5.91 Å². The lowest BCUT2D eigenvalue weighted by Crippen LogP contribution is -2.49. The fourth-order valence-corrected chi connectivity index (χ4v) is 2.62. The highest BCUT2D eigenvalue weighted by atomic mass is 16.2. The predicted molar refractivity (Wildman–Crippen MR) is 75.6 cm³/mol. The summed E-state index contributed by atoms with van der Waals surface area (Å²) in [7, 11) is 0. The van der Waals surface area contributed by atoms with Gasteiger partial charge in [-0.05, 0) is 49.9 Å². The normalized spacial score (nSPS) is 24.7. The van der Waals surface area contributed by atoms with Gasteiger partial charge in [-0.25, -0.2) is 0 Å².